The summed E-state index contributed by atoms with van der Waals surface area (Å²) >= 11 is 6.03. The van der Waals surface area contributed by atoms with E-state index in [1.165, 1.54) is 23.1 Å². The second-order valence-corrected chi connectivity index (χ2v) is 10.1. The normalized spacial score (nSPS) is 11.5. The quantitative estimate of drug-likeness (QED) is 0.467. The maximum absolute atomic E-state index is 14.2. The number of nitrogens with zero attached hydrogens (tertiary/aromatic N) is 3. The van der Waals surface area contributed by atoms with E-state index in [0.29, 0.717) is 17.4 Å². The summed E-state index contributed by atoms with van der Waals surface area (Å²) in [5.41, 5.74) is 1.22. The Labute approximate surface area is 204 Å². The first-order valence-corrected chi connectivity index (χ1v) is 11.5. The van der Waals surface area contributed by atoms with Gasteiger partial charge in [-0.05, 0) is 42.3 Å². The Morgan fingerprint density at radius 2 is 1.76 bits per heavy atom. The summed E-state index contributed by atoms with van der Waals surface area (Å²) in [4.78, 5) is 27.4. The van der Waals surface area contributed by atoms with Crippen LogP contribution < -0.4 is 5.32 Å². The number of nitrogens with one attached hydrogen (secondary N) is 1. The lowest BCUT2D eigenvalue weighted by Gasteiger charge is -2.24. The van der Waals surface area contributed by atoms with Gasteiger partial charge in [0, 0.05) is 23.0 Å². The van der Waals surface area contributed by atoms with Crippen LogP contribution in [-0.2, 0) is 10.2 Å². The lowest BCUT2D eigenvalue weighted by atomic mass is 9.92. The fraction of sp³-hybridized carbons (Fsp3) is 0.346. The minimum absolute atomic E-state index is 0.0582. The average molecular weight is 485 g/mol. The number of anilines is 1. The third-order valence-electron chi connectivity index (χ3n) is 5.13. The highest BCUT2D eigenvalue weighted by Gasteiger charge is 2.25. The molecule has 0 aliphatic carbocycles. The van der Waals surface area contributed by atoms with E-state index in [1.54, 1.807) is 22.9 Å². The SMILES string of the molecule is CC(C)CN(CC(=O)Nc1cc(C(C)(C)C)nn1-c1ccc(Cl)cc1)C(=O)c1ccccc1F. The van der Waals surface area contributed by atoms with Crippen molar-refractivity contribution in [3.63, 3.8) is 0 Å². The van der Waals surface area contributed by atoms with Crippen LogP contribution in [0.4, 0.5) is 10.2 Å². The molecule has 6 nitrogen and oxygen atoms in total. The summed E-state index contributed by atoms with van der Waals surface area (Å²) in [5.74, 6) is -0.975. The van der Waals surface area contributed by atoms with Gasteiger partial charge in [-0.15, -0.1) is 0 Å². The first kappa shape index (κ1) is 25.4. The Morgan fingerprint density at radius 1 is 1.12 bits per heavy atom. The Hall–Kier alpha value is -3.19. The number of amides is 2. The van der Waals surface area contributed by atoms with Gasteiger partial charge in [-0.25, -0.2) is 9.07 Å². The number of carbonyl (C=O) groups is 2. The molecule has 3 aromatic rings. The molecular formula is C26H30ClFN4O2. The van der Waals surface area contributed by atoms with Gasteiger partial charge < -0.3 is 10.2 Å². The second kappa shape index (κ2) is 10.4. The molecule has 0 bridgehead atoms. The fourth-order valence-electron chi connectivity index (χ4n) is 3.44. The molecule has 0 radical (unpaired) electrons. The van der Waals surface area contributed by atoms with Crippen LogP contribution in [0.15, 0.2) is 54.6 Å². The molecule has 0 fully saturated rings. The number of hydrogen-bond donors (Lipinski definition) is 1. The van der Waals surface area contributed by atoms with E-state index in [-0.39, 0.29) is 23.4 Å². The summed E-state index contributed by atoms with van der Waals surface area (Å²) < 4.78 is 15.9. The Balaban J connectivity index is 1.88. The van der Waals surface area contributed by atoms with Crippen LogP contribution in [-0.4, -0.2) is 39.6 Å². The van der Waals surface area contributed by atoms with Gasteiger partial charge in [0.2, 0.25) is 5.91 Å². The minimum Gasteiger partial charge on any atom is -0.329 e. The standard InChI is InChI=1S/C26H30ClFN4O2/c1-17(2)15-31(25(34)20-8-6-7-9-21(20)28)16-24(33)29-23-14-22(26(3,4)5)30-32(23)19-12-10-18(27)11-13-19/h6-14,17H,15-16H2,1-5H3,(H,29,33). The number of halogens is 2. The van der Waals surface area contributed by atoms with Crippen molar-refractivity contribution in [2.75, 3.05) is 18.4 Å². The van der Waals surface area contributed by atoms with Crippen LogP contribution in [0, 0.1) is 11.7 Å². The van der Waals surface area contributed by atoms with E-state index in [0.717, 1.165) is 11.4 Å². The molecule has 0 atom stereocenters. The highest BCUT2D eigenvalue weighted by atomic mass is 35.5. The van der Waals surface area contributed by atoms with Crippen LogP contribution in [0.1, 0.15) is 50.7 Å². The molecule has 8 heteroatoms. The van der Waals surface area contributed by atoms with Crippen LogP contribution in [0.2, 0.25) is 5.02 Å². The topological polar surface area (TPSA) is 67.2 Å². The maximum Gasteiger partial charge on any atom is 0.257 e. The molecule has 1 N–H and O–H groups in total. The average Bonchev–Trinajstić information content (AvgIpc) is 3.17. The van der Waals surface area contributed by atoms with E-state index in [1.807, 2.05) is 52.8 Å². The molecule has 1 aromatic heterocycles. The van der Waals surface area contributed by atoms with Crippen molar-refractivity contribution in [1.29, 1.82) is 0 Å². The fourth-order valence-corrected chi connectivity index (χ4v) is 3.56. The predicted molar refractivity (Wildman–Crippen MR) is 133 cm³/mol. The smallest absolute Gasteiger partial charge is 0.257 e. The van der Waals surface area contributed by atoms with Gasteiger partial charge in [0.1, 0.15) is 18.2 Å². The summed E-state index contributed by atoms with van der Waals surface area (Å²) in [6, 6.07) is 14.7. The second-order valence-electron chi connectivity index (χ2n) is 9.66. The van der Waals surface area contributed by atoms with Crippen LogP contribution in [0.25, 0.3) is 5.69 Å². The van der Waals surface area contributed by atoms with Crippen LogP contribution in [0.3, 0.4) is 0 Å². The van der Waals surface area contributed by atoms with Crippen molar-refractivity contribution in [3.8, 4) is 5.69 Å². The van der Waals surface area contributed by atoms with Crippen molar-refractivity contribution in [2.24, 2.45) is 5.92 Å². The molecule has 0 spiro atoms. The third kappa shape index (κ3) is 6.23. The molecule has 1 heterocycles. The van der Waals surface area contributed by atoms with E-state index in [9.17, 15) is 14.0 Å². The highest BCUT2D eigenvalue weighted by Crippen LogP contribution is 2.27. The zero-order chi connectivity index (χ0) is 25.0. The number of benzene rings is 2. The molecule has 0 saturated heterocycles. The monoisotopic (exact) mass is 484 g/mol. The predicted octanol–water partition coefficient (Wildman–Crippen LogP) is 5.70. The Morgan fingerprint density at radius 3 is 2.35 bits per heavy atom. The first-order chi connectivity index (χ1) is 16.0. The van der Waals surface area contributed by atoms with Crippen molar-refractivity contribution < 1.29 is 14.0 Å². The molecule has 0 saturated carbocycles. The Bertz CT molecular complexity index is 1170. The molecule has 0 aliphatic heterocycles. The van der Waals surface area contributed by atoms with E-state index >= 15 is 0 Å². The largest absolute Gasteiger partial charge is 0.329 e. The number of aromatic nitrogens is 2. The van der Waals surface area contributed by atoms with Crippen LogP contribution >= 0.6 is 11.6 Å². The molecule has 0 aliphatic rings. The molecule has 2 amide bonds. The van der Waals surface area contributed by atoms with Crippen molar-refractivity contribution in [1.82, 2.24) is 14.7 Å². The molecule has 0 unspecified atom stereocenters. The van der Waals surface area contributed by atoms with Gasteiger partial charge in [-0.2, -0.15) is 5.10 Å². The summed E-state index contributed by atoms with van der Waals surface area (Å²) in [6.45, 7) is 10.1. The molecule has 180 valence electrons. The first-order valence-electron chi connectivity index (χ1n) is 11.2. The summed E-state index contributed by atoms with van der Waals surface area (Å²) in [7, 11) is 0. The zero-order valence-electron chi connectivity index (χ0n) is 20.1. The zero-order valence-corrected chi connectivity index (χ0v) is 20.9. The summed E-state index contributed by atoms with van der Waals surface area (Å²) in [6.07, 6.45) is 0. The summed E-state index contributed by atoms with van der Waals surface area (Å²) in [5, 5.41) is 8.16. The van der Waals surface area contributed by atoms with Crippen LogP contribution in [0.5, 0.6) is 0 Å². The van der Waals surface area contributed by atoms with Crippen molar-refractivity contribution in [3.05, 3.63) is 76.7 Å². The maximum atomic E-state index is 14.2. The van der Waals surface area contributed by atoms with Gasteiger partial charge in [0.25, 0.3) is 5.91 Å². The molecule has 2 aromatic carbocycles. The van der Waals surface area contributed by atoms with Gasteiger partial charge in [-0.1, -0.05) is 58.4 Å². The van der Waals surface area contributed by atoms with Crippen molar-refractivity contribution in [2.45, 2.75) is 40.0 Å². The lowest BCUT2D eigenvalue weighted by Crippen LogP contribution is -2.40. The van der Waals surface area contributed by atoms with E-state index < -0.39 is 17.6 Å². The Kier molecular flexibility index (Phi) is 7.77. The highest BCUT2D eigenvalue weighted by molar-refractivity contribution is 6.30. The minimum atomic E-state index is -0.614. The number of rotatable bonds is 7. The van der Waals surface area contributed by atoms with Gasteiger partial charge in [0.15, 0.2) is 0 Å². The molecule has 34 heavy (non-hydrogen) atoms. The molecule has 3 rings (SSSR count). The van der Waals surface area contributed by atoms with Gasteiger partial charge in [-0.3, -0.25) is 9.59 Å². The third-order valence-corrected chi connectivity index (χ3v) is 5.38. The van der Waals surface area contributed by atoms with Gasteiger partial charge >= 0.3 is 0 Å². The van der Waals surface area contributed by atoms with Gasteiger partial charge in [0.05, 0.1) is 16.9 Å². The van der Waals surface area contributed by atoms with Crippen molar-refractivity contribution >= 4 is 29.2 Å². The molecular weight excluding hydrogens is 455 g/mol. The number of hydrogen-bond acceptors (Lipinski definition) is 3. The number of carbonyl (C=O) groups excluding carboxylic acids is 2. The lowest BCUT2D eigenvalue weighted by molar-refractivity contribution is -0.117. The van der Waals surface area contributed by atoms with E-state index in [4.69, 9.17) is 11.6 Å². The van der Waals surface area contributed by atoms with E-state index in [2.05, 4.69) is 10.4 Å².